The number of aliphatic carboxylic acids is 1. The Bertz CT molecular complexity index is 214. The molecule has 0 radical (unpaired) electrons. The Labute approximate surface area is 93.3 Å². The van der Waals surface area contributed by atoms with Crippen LogP contribution >= 0.6 is 0 Å². The first kappa shape index (κ1) is 14.4. The highest BCUT2D eigenvalue weighted by Gasteiger charge is 2.31. The number of nitrogens with zero attached hydrogens (tertiary/aromatic N) is 2. The van der Waals surface area contributed by atoms with Gasteiger partial charge in [-0.15, -0.1) is 0 Å². The smallest absolute Gasteiger partial charge is 0.362 e. The third-order valence-corrected chi connectivity index (χ3v) is 2.53. The average Bonchev–Trinajstić information content (AvgIpc) is 1.92. The van der Waals surface area contributed by atoms with Gasteiger partial charge in [0, 0.05) is 12.8 Å². The summed E-state index contributed by atoms with van der Waals surface area (Å²) in [5.74, 6) is -0.691. The maximum Gasteiger partial charge on any atom is 0.362 e. The summed E-state index contributed by atoms with van der Waals surface area (Å²) in [5, 5.41) is 9.12. The third-order valence-electron chi connectivity index (χ3n) is 2.53. The van der Waals surface area contributed by atoms with Gasteiger partial charge in [0.2, 0.25) is 0 Å². The molecule has 4 nitrogen and oxygen atoms in total. The number of likely N-dealkylation sites (N-methyl/N-ethyl adjacent to an activating group) is 1. The van der Waals surface area contributed by atoms with E-state index in [-0.39, 0.29) is 6.04 Å². The van der Waals surface area contributed by atoms with Crippen LogP contribution in [-0.4, -0.2) is 74.9 Å². The zero-order valence-corrected chi connectivity index (χ0v) is 10.9. The number of carboxylic acids is 1. The van der Waals surface area contributed by atoms with Crippen LogP contribution in [0.5, 0.6) is 0 Å². The van der Waals surface area contributed by atoms with Gasteiger partial charge in [0.1, 0.15) is 0 Å². The van der Waals surface area contributed by atoms with E-state index in [9.17, 15) is 4.79 Å². The fourth-order valence-electron chi connectivity index (χ4n) is 1.60. The molecule has 0 heterocycles. The van der Waals surface area contributed by atoms with E-state index < -0.39 is 5.97 Å². The molecule has 0 rings (SSSR count). The van der Waals surface area contributed by atoms with Crippen LogP contribution in [0.4, 0.5) is 0 Å². The molecular formula is C11H26N2O2+2. The molecule has 0 aliphatic carbocycles. The van der Waals surface area contributed by atoms with Crippen molar-refractivity contribution in [3.05, 3.63) is 0 Å². The minimum atomic E-state index is -0.691. The summed E-state index contributed by atoms with van der Waals surface area (Å²) in [6, 6.07) is -0.295. The van der Waals surface area contributed by atoms with Crippen LogP contribution in [0.2, 0.25) is 0 Å². The fraction of sp³-hybridized carbons (Fsp3) is 0.909. The fourth-order valence-corrected chi connectivity index (χ4v) is 1.60. The topological polar surface area (TPSA) is 37.3 Å². The lowest BCUT2D eigenvalue weighted by Crippen LogP contribution is -2.50. The molecule has 0 aromatic carbocycles. The van der Waals surface area contributed by atoms with E-state index in [1.165, 1.54) is 0 Å². The Morgan fingerprint density at radius 2 is 1.60 bits per heavy atom. The Morgan fingerprint density at radius 3 is 1.87 bits per heavy atom. The number of carbonyl (C=O) groups is 1. The summed E-state index contributed by atoms with van der Waals surface area (Å²) < 4.78 is 1.38. The van der Waals surface area contributed by atoms with E-state index in [2.05, 4.69) is 21.1 Å². The van der Waals surface area contributed by atoms with Crippen molar-refractivity contribution in [1.82, 2.24) is 0 Å². The van der Waals surface area contributed by atoms with Crippen molar-refractivity contribution in [2.24, 2.45) is 0 Å². The number of carboxylic acid groups (broad SMARTS) is 1. The number of rotatable bonds is 6. The molecule has 0 spiro atoms. The normalized spacial score (nSPS) is 15.1. The molecule has 1 atom stereocenters. The van der Waals surface area contributed by atoms with Crippen molar-refractivity contribution >= 4 is 5.97 Å². The van der Waals surface area contributed by atoms with Gasteiger partial charge in [-0.2, -0.15) is 0 Å². The van der Waals surface area contributed by atoms with Crippen molar-refractivity contribution in [2.75, 3.05) is 48.8 Å². The predicted molar refractivity (Wildman–Crippen MR) is 61.6 cm³/mol. The van der Waals surface area contributed by atoms with Crippen LogP contribution in [0, 0.1) is 0 Å². The molecule has 15 heavy (non-hydrogen) atoms. The minimum Gasteiger partial charge on any atom is -0.477 e. The summed E-state index contributed by atoms with van der Waals surface area (Å²) in [4.78, 5) is 11.1. The van der Waals surface area contributed by atoms with Gasteiger partial charge in [0.25, 0.3) is 0 Å². The highest BCUT2D eigenvalue weighted by molar-refractivity contribution is 5.72. The van der Waals surface area contributed by atoms with Gasteiger partial charge in [0.05, 0.1) is 48.8 Å². The Morgan fingerprint density at radius 1 is 1.13 bits per heavy atom. The Hall–Kier alpha value is -0.610. The third kappa shape index (κ3) is 6.47. The molecule has 4 heteroatoms. The van der Waals surface area contributed by atoms with Crippen molar-refractivity contribution in [3.8, 4) is 0 Å². The summed E-state index contributed by atoms with van der Waals surface area (Å²) in [6.07, 6.45) is 1.70. The van der Waals surface area contributed by atoms with E-state index in [4.69, 9.17) is 5.11 Å². The summed E-state index contributed by atoms with van der Waals surface area (Å²) in [6.45, 7) is 1.02. The van der Waals surface area contributed by atoms with Crippen LogP contribution in [0.1, 0.15) is 12.8 Å². The van der Waals surface area contributed by atoms with Crippen LogP contribution < -0.4 is 0 Å². The maximum absolute atomic E-state index is 11.1. The first-order valence-corrected chi connectivity index (χ1v) is 5.38. The molecule has 0 fully saturated rings. The van der Waals surface area contributed by atoms with Crippen molar-refractivity contribution in [1.29, 1.82) is 0 Å². The lowest BCUT2D eigenvalue weighted by atomic mass is 10.1. The van der Waals surface area contributed by atoms with Gasteiger partial charge in [-0.05, 0) is 0 Å². The molecule has 0 bridgehead atoms. The van der Waals surface area contributed by atoms with E-state index in [0.29, 0.717) is 4.48 Å². The monoisotopic (exact) mass is 218 g/mol. The SMILES string of the molecule is C[N+](C)(C)CCCC(C(=O)O)[N+](C)(C)C. The summed E-state index contributed by atoms with van der Waals surface area (Å²) in [7, 11) is 12.2. The summed E-state index contributed by atoms with van der Waals surface area (Å²) >= 11 is 0. The Kier molecular flexibility index (Phi) is 4.74. The molecule has 0 aromatic rings. The molecule has 0 amide bonds. The lowest BCUT2D eigenvalue weighted by Gasteiger charge is -2.32. The molecule has 0 aliphatic heterocycles. The van der Waals surface area contributed by atoms with Gasteiger partial charge in [-0.1, -0.05) is 0 Å². The van der Waals surface area contributed by atoms with Crippen LogP contribution in [-0.2, 0) is 4.79 Å². The number of quaternary nitrogens is 2. The standard InChI is InChI=1S/C11H25N2O2/c1-12(2,3)9-7-8-10(11(14)15)13(4,5)6/h10H,7-9H2,1-6H3/q+1/p+1. The largest absolute Gasteiger partial charge is 0.477 e. The average molecular weight is 218 g/mol. The second-order valence-corrected chi connectivity index (χ2v) is 6.13. The second-order valence-electron chi connectivity index (χ2n) is 6.13. The van der Waals surface area contributed by atoms with Gasteiger partial charge < -0.3 is 14.1 Å². The highest BCUT2D eigenvalue weighted by atomic mass is 16.4. The van der Waals surface area contributed by atoms with E-state index in [1.54, 1.807) is 0 Å². The molecule has 0 saturated heterocycles. The molecule has 90 valence electrons. The van der Waals surface area contributed by atoms with Crippen molar-refractivity contribution in [2.45, 2.75) is 18.9 Å². The Balaban J connectivity index is 4.17. The minimum absolute atomic E-state index is 0.295. The molecule has 0 aliphatic rings. The van der Waals surface area contributed by atoms with E-state index in [0.717, 1.165) is 23.9 Å². The zero-order chi connectivity index (χ0) is 12.3. The van der Waals surface area contributed by atoms with Crippen molar-refractivity contribution in [3.63, 3.8) is 0 Å². The number of hydrogen-bond acceptors (Lipinski definition) is 1. The molecular weight excluding hydrogens is 192 g/mol. The quantitative estimate of drug-likeness (QED) is 0.664. The molecule has 0 aromatic heterocycles. The van der Waals surface area contributed by atoms with E-state index >= 15 is 0 Å². The van der Waals surface area contributed by atoms with Crippen LogP contribution in [0.25, 0.3) is 0 Å². The van der Waals surface area contributed by atoms with Crippen LogP contribution in [0.3, 0.4) is 0 Å². The van der Waals surface area contributed by atoms with Gasteiger partial charge >= 0.3 is 5.97 Å². The van der Waals surface area contributed by atoms with Gasteiger partial charge in [0.15, 0.2) is 6.04 Å². The molecule has 1 N–H and O–H groups in total. The van der Waals surface area contributed by atoms with E-state index in [1.807, 2.05) is 21.1 Å². The maximum atomic E-state index is 11.1. The summed E-state index contributed by atoms with van der Waals surface area (Å²) in [5.41, 5.74) is 0. The first-order valence-electron chi connectivity index (χ1n) is 5.38. The second kappa shape index (κ2) is 4.94. The van der Waals surface area contributed by atoms with Crippen molar-refractivity contribution < 1.29 is 18.9 Å². The van der Waals surface area contributed by atoms with Crippen LogP contribution in [0.15, 0.2) is 0 Å². The lowest BCUT2D eigenvalue weighted by molar-refractivity contribution is -0.890. The zero-order valence-electron chi connectivity index (χ0n) is 10.9. The predicted octanol–water partition coefficient (Wildman–Crippen LogP) is 0.632. The number of hydrogen-bond donors (Lipinski definition) is 1. The highest BCUT2D eigenvalue weighted by Crippen LogP contribution is 2.11. The molecule has 1 unspecified atom stereocenters. The van der Waals surface area contributed by atoms with Gasteiger partial charge in [-0.25, -0.2) is 4.79 Å². The van der Waals surface area contributed by atoms with Gasteiger partial charge in [-0.3, -0.25) is 0 Å². The first-order chi connectivity index (χ1) is 6.54. The molecule has 0 saturated carbocycles.